The average Bonchev–Trinajstić information content (AvgIpc) is 3.39. The van der Waals surface area contributed by atoms with Crippen LogP contribution in [0.1, 0.15) is 24.5 Å². The first-order valence-electron chi connectivity index (χ1n) is 10.6. The lowest BCUT2D eigenvalue weighted by atomic mass is 10.1. The molecule has 1 aromatic carbocycles. The number of anilines is 1. The lowest BCUT2D eigenvalue weighted by Gasteiger charge is -2.26. The fourth-order valence-corrected chi connectivity index (χ4v) is 4.21. The third kappa shape index (κ3) is 5.12. The van der Waals surface area contributed by atoms with Crippen LogP contribution in [0.2, 0.25) is 0 Å². The van der Waals surface area contributed by atoms with Gasteiger partial charge < -0.3 is 20.3 Å². The van der Waals surface area contributed by atoms with Gasteiger partial charge in [-0.15, -0.1) is 0 Å². The smallest absolute Gasteiger partial charge is 0.191 e. The number of aryl methyl sites for hydroxylation is 1. The highest BCUT2D eigenvalue weighted by atomic mass is 19.2. The van der Waals surface area contributed by atoms with E-state index in [4.69, 9.17) is 4.74 Å². The van der Waals surface area contributed by atoms with Gasteiger partial charge in [0.25, 0.3) is 0 Å². The number of guanidine groups is 1. The number of halogens is 2. The number of fused-ring (bicyclic) bond motifs is 1. The first-order valence-corrected chi connectivity index (χ1v) is 10.6. The quantitative estimate of drug-likeness (QED) is 0.533. The number of nitrogens with one attached hydrogen (secondary N) is 2. The molecule has 2 aliphatic heterocycles. The number of ether oxygens (including phenoxy) is 1. The highest BCUT2D eigenvalue weighted by Crippen LogP contribution is 2.25. The molecule has 0 aliphatic carbocycles. The van der Waals surface area contributed by atoms with E-state index in [1.807, 2.05) is 4.68 Å². The third-order valence-electron chi connectivity index (χ3n) is 5.85. The van der Waals surface area contributed by atoms with Crippen LogP contribution in [0.25, 0.3) is 0 Å². The van der Waals surface area contributed by atoms with E-state index in [0.29, 0.717) is 18.3 Å². The van der Waals surface area contributed by atoms with Crippen molar-refractivity contribution in [1.29, 1.82) is 0 Å². The number of methoxy groups -OCH3 is 1. The minimum Gasteiger partial charge on any atom is -0.377 e. The van der Waals surface area contributed by atoms with Crippen molar-refractivity contribution in [3.63, 3.8) is 0 Å². The highest BCUT2D eigenvalue weighted by Gasteiger charge is 2.25. The average molecular weight is 434 g/mol. The molecule has 0 spiro atoms. The fourth-order valence-electron chi connectivity index (χ4n) is 4.21. The van der Waals surface area contributed by atoms with Gasteiger partial charge in [-0.3, -0.25) is 4.99 Å². The largest absolute Gasteiger partial charge is 0.377 e. The molecule has 4 rings (SSSR count). The van der Waals surface area contributed by atoms with Gasteiger partial charge in [0.1, 0.15) is 12.4 Å². The van der Waals surface area contributed by atoms with Gasteiger partial charge in [0.15, 0.2) is 23.4 Å². The maximum absolute atomic E-state index is 13.5. The van der Waals surface area contributed by atoms with Crippen molar-refractivity contribution >= 4 is 11.6 Å². The minimum atomic E-state index is -0.813. The Bertz CT molecular complexity index is 932. The van der Waals surface area contributed by atoms with E-state index in [2.05, 4.69) is 30.6 Å². The van der Waals surface area contributed by atoms with Gasteiger partial charge >= 0.3 is 0 Å². The minimum absolute atomic E-state index is 0.220. The van der Waals surface area contributed by atoms with Crippen molar-refractivity contribution in [2.45, 2.75) is 38.5 Å². The van der Waals surface area contributed by atoms with Crippen LogP contribution in [0.5, 0.6) is 0 Å². The molecule has 2 atom stereocenters. The van der Waals surface area contributed by atoms with Crippen LogP contribution in [0, 0.1) is 17.6 Å². The monoisotopic (exact) mass is 433 g/mol. The zero-order valence-electron chi connectivity index (χ0n) is 17.9. The Morgan fingerprint density at radius 3 is 2.90 bits per heavy atom. The summed E-state index contributed by atoms with van der Waals surface area (Å²) in [4.78, 5) is 11.0. The maximum atomic E-state index is 13.5. The van der Waals surface area contributed by atoms with Crippen LogP contribution < -0.4 is 15.5 Å². The molecule has 3 heterocycles. The molecule has 2 unspecified atom stereocenters. The van der Waals surface area contributed by atoms with Crippen LogP contribution in [0.15, 0.2) is 23.2 Å². The number of aromatic nitrogens is 3. The van der Waals surface area contributed by atoms with Crippen LogP contribution in [-0.4, -0.2) is 60.6 Å². The van der Waals surface area contributed by atoms with E-state index >= 15 is 0 Å². The summed E-state index contributed by atoms with van der Waals surface area (Å²) in [7, 11) is 3.40. The molecule has 8 nitrogen and oxygen atoms in total. The molecule has 1 fully saturated rings. The predicted octanol–water partition coefficient (Wildman–Crippen LogP) is 1.71. The van der Waals surface area contributed by atoms with E-state index in [-0.39, 0.29) is 6.04 Å². The van der Waals surface area contributed by atoms with E-state index in [0.717, 1.165) is 62.9 Å². The van der Waals surface area contributed by atoms with Crippen LogP contribution >= 0.6 is 0 Å². The number of hydrogen-bond donors (Lipinski definition) is 2. The van der Waals surface area contributed by atoms with E-state index in [9.17, 15) is 8.78 Å². The molecule has 10 heteroatoms. The normalized spacial score (nSPS) is 21.3. The van der Waals surface area contributed by atoms with Gasteiger partial charge in [0.2, 0.25) is 0 Å². The van der Waals surface area contributed by atoms with Crippen molar-refractivity contribution in [2.75, 3.05) is 38.7 Å². The van der Waals surface area contributed by atoms with Gasteiger partial charge in [0.05, 0.1) is 6.54 Å². The molecule has 1 aromatic heterocycles. The first kappa shape index (κ1) is 21.5. The third-order valence-corrected chi connectivity index (χ3v) is 5.85. The topological polar surface area (TPSA) is 79.6 Å². The molecule has 2 aromatic rings. The van der Waals surface area contributed by atoms with Crippen LogP contribution in [0.3, 0.4) is 0 Å². The molecule has 0 amide bonds. The first-order chi connectivity index (χ1) is 15.1. The van der Waals surface area contributed by atoms with Gasteiger partial charge in [-0.25, -0.2) is 18.4 Å². The fraction of sp³-hybridized carbons (Fsp3) is 0.571. The molecule has 1 saturated heterocycles. The molecule has 168 valence electrons. The predicted molar refractivity (Wildman–Crippen MR) is 114 cm³/mol. The Morgan fingerprint density at radius 2 is 2.13 bits per heavy atom. The van der Waals surface area contributed by atoms with Crippen molar-refractivity contribution in [3.05, 3.63) is 41.5 Å². The summed E-state index contributed by atoms with van der Waals surface area (Å²) in [6.07, 6.45) is 2.80. The van der Waals surface area contributed by atoms with Crippen molar-refractivity contribution in [3.8, 4) is 0 Å². The lowest BCUT2D eigenvalue weighted by Crippen LogP contribution is -2.48. The second-order valence-electron chi connectivity index (χ2n) is 8.09. The zero-order chi connectivity index (χ0) is 21.8. The molecular formula is C21H29F2N7O. The van der Waals surface area contributed by atoms with Gasteiger partial charge in [0, 0.05) is 58.0 Å². The standard InChI is InChI=1S/C21H29F2N7O/c1-24-21(26-15-3-6-20-27-19(13-31-2)28-30(20)12-15)25-10-14-7-8-29(11-14)16-4-5-17(22)18(23)9-16/h4-5,9,14-15H,3,6-8,10-13H2,1-2H3,(H2,24,25,26). The summed E-state index contributed by atoms with van der Waals surface area (Å²) < 4.78 is 33.8. The van der Waals surface area contributed by atoms with Crippen molar-refractivity contribution < 1.29 is 13.5 Å². The molecule has 0 bridgehead atoms. The highest BCUT2D eigenvalue weighted by molar-refractivity contribution is 5.80. The Labute approximate surface area is 180 Å². The number of nitrogens with zero attached hydrogens (tertiary/aromatic N) is 5. The lowest BCUT2D eigenvalue weighted by molar-refractivity contribution is 0.177. The SMILES string of the molecule is CN=C(NCC1CCN(c2ccc(F)c(F)c2)C1)NC1CCc2nc(COC)nn2C1. The summed E-state index contributed by atoms with van der Waals surface area (Å²) in [6, 6.07) is 4.31. The zero-order valence-corrected chi connectivity index (χ0v) is 17.9. The van der Waals surface area contributed by atoms with Crippen molar-refractivity contribution in [2.24, 2.45) is 10.9 Å². The molecule has 0 saturated carbocycles. The number of benzene rings is 1. The molecule has 0 radical (unpaired) electrons. The van der Waals surface area contributed by atoms with E-state index < -0.39 is 11.6 Å². The Hall–Kier alpha value is -2.75. The Kier molecular flexibility index (Phi) is 6.64. The Balaban J connectivity index is 1.26. The molecular weight excluding hydrogens is 404 g/mol. The second-order valence-corrected chi connectivity index (χ2v) is 8.09. The van der Waals surface area contributed by atoms with Crippen LogP contribution in [-0.2, 0) is 24.3 Å². The summed E-state index contributed by atoms with van der Waals surface area (Å²) in [5.41, 5.74) is 0.725. The van der Waals surface area contributed by atoms with E-state index in [1.54, 1.807) is 20.2 Å². The van der Waals surface area contributed by atoms with Gasteiger partial charge in [-0.05, 0) is 30.9 Å². The summed E-state index contributed by atoms with van der Waals surface area (Å²) in [6.45, 7) is 3.54. The molecule has 2 N–H and O–H groups in total. The number of rotatable bonds is 6. The second kappa shape index (κ2) is 9.59. The van der Waals surface area contributed by atoms with Gasteiger partial charge in [-0.2, -0.15) is 5.10 Å². The van der Waals surface area contributed by atoms with Crippen LogP contribution in [0.4, 0.5) is 14.5 Å². The molecule has 2 aliphatic rings. The van der Waals surface area contributed by atoms with E-state index in [1.165, 1.54) is 12.1 Å². The number of hydrogen-bond acceptors (Lipinski definition) is 5. The summed E-state index contributed by atoms with van der Waals surface area (Å²) in [5.74, 6) is 1.25. The summed E-state index contributed by atoms with van der Waals surface area (Å²) >= 11 is 0. The Morgan fingerprint density at radius 1 is 1.26 bits per heavy atom. The number of aliphatic imine (C=N–C) groups is 1. The summed E-state index contributed by atoms with van der Waals surface area (Å²) in [5, 5.41) is 11.4. The maximum Gasteiger partial charge on any atom is 0.191 e. The van der Waals surface area contributed by atoms with Crippen molar-refractivity contribution in [1.82, 2.24) is 25.4 Å². The van der Waals surface area contributed by atoms with Gasteiger partial charge in [-0.1, -0.05) is 0 Å². The molecule has 31 heavy (non-hydrogen) atoms.